The lowest BCUT2D eigenvalue weighted by Crippen LogP contribution is -2.27. The lowest BCUT2D eigenvalue weighted by atomic mass is 9.97. The van der Waals surface area contributed by atoms with Gasteiger partial charge in [-0.1, -0.05) is 56.3 Å². The number of carbonyl (C=O) groups is 1. The second kappa shape index (κ2) is 11.2. The van der Waals surface area contributed by atoms with Crippen LogP contribution in [0.25, 0.3) is 16.9 Å². The minimum absolute atomic E-state index is 0.0481. The Kier molecular flexibility index (Phi) is 7.14. The standard InChI is InChI=1S/C34H28F3N5O4/c1-19(2)20-7-9-21(10-8-20)24-17-31(34(35,36)37)42-32(38-24)18-26(40-42)33(44)41-27(23-5-3-4-6-28(23)43)16-25(39-41)22-11-12-29-30(15-22)46-14-13-45-29/h3-12,15,17-19,27,43H,13-14,16H2,1-2H3. The van der Waals surface area contributed by atoms with Crippen LogP contribution in [0.4, 0.5) is 13.2 Å². The average Bonchev–Trinajstić information content (AvgIpc) is 3.69. The number of fused-ring (bicyclic) bond motifs is 2. The number of benzene rings is 3. The topological polar surface area (TPSA) is 102 Å². The van der Waals surface area contributed by atoms with Crippen LogP contribution in [0.3, 0.4) is 0 Å². The third-order valence-corrected chi connectivity index (χ3v) is 8.10. The maximum Gasteiger partial charge on any atom is 0.433 e. The van der Waals surface area contributed by atoms with Crippen molar-refractivity contribution in [3.8, 4) is 28.5 Å². The van der Waals surface area contributed by atoms with Gasteiger partial charge in [-0.05, 0) is 41.8 Å². The van der Waals surface area contributed by atoms with E-state index in [-0.39, 0.29) is 35.1 Å². The van der Waals surface area contributed by atoms with Gasteiger partial charge in [0.25, 0.3) is 5.91 Å². The highest BCUT2D eigenvalue weighted by Gasteiger charge is 2.39. The van der Waals surface area contributed by atoms with Gasteiger partial charge in [-0.15, -0.1) is 0 Å². The van der Waals surface area contributed by atoms with Crippen molar-refractivity contribution in [1.29, 1.82) is 0 Å². The van der Waals surface area contributed by atoms with E-state index in [1.54, 1.807) is 48.5 Å². The Balaban J connectivity index is 1.30. The lowest BCUT2D eigenvalue weighted by molar-refractivity contribution is -0.142. The molecule has 234 valence electrons. The predicted octanol–water partition coefficient (Wildman–Crippen LogP) is 7.01. The van der Waals surface area contributed by atoms with Crippen molar-refractivity contribution in [2.75, 3.05) is 13.2 Å². The molecule has 1 N–H and O–H groups in total. The zero-order chi connectivity index (χ0) is 32.2. The summed E-state index contributed by atoms with van der Waals surface area (Å²) in [6.07, 6.45) is -4.56. The van der Waals surface area contributed by atoms with E-state index in [2.05, 4.69) is 15.2 Å². The summed E-state index contributed by atoms with van der Waals surface area (Å²) < 4.78 is 55.0. The van der Waals surface area contributed by atoms with Gasteiger partial charge in [-0.3, -0.25) is 4.79 Å². The van der Waals surface area contributed by atoms with E-state index in [9.17, 15) is 23.1 Å². The zero-order valence-corrected chi connectivity index (χ0v) is 24.8. The quantitative estimate of drug-likeness (QED) is 0.225. The van der Waals surface area contributed by atoms with E-state index in [0.717, 1.165) is 16.6 Å². The summed E-state index contributed by atoms with van der Waals surface area (Å²) >= 11 is 0. The molecule has 1 atom stereocenters. The number of amides is 1. The van der Waals surface area contributed by atoms with Gasteiger partial charge in [-0.25, -0.2) is 14.5 Å². The molecule has 5 aromatic rings. The first-order valence-electron chi connectivity index (χ1n) is 14.7. The molecule has 0 radical (unpaired) electrons. The second-order valence-corrected chi connectivity index (χ2v) is 11.4. The number of phenols is 1. The number of nitrogens with zero attached hydrogens (tertiary/aromatic N) is 5. The van der Waals surface area contributed by atoms with E-state index < -0.39 is 23.8 Å². The van der Waals surface area contributed by atoms with Gasteiger partial charge in [0.2, 0.25) is 0 Å². The predicted molar refractivity (Wildman–Crippen MR) is 163 cm³/mol. The van der Waals surface area contributed by atoms with Crippen molar-refractivity contribution in [3.05, 3.63) is 107 Å². The van der Waals surface area contributed by atoms with Crippen LogP contribution in [0.2, 0.25) is 0 Å². The Morgan fingerprint density at radius 2 is 1.65 bits per heavy atom. The number of hydrogen-bond donors (Lipinski definition) is 1. The molecular formula is C34H28F3N5O4. The summed E-state index contributed by atoms with van der Waals surface area (Å²) in [7, 11) is 0. The molecule has 12 heteroatoms. The van der Waals surface area contributed by atoms with Gasteiger partial charge in [-0.2, -0.15) is 23.4 Å². The Hall–Kier alpha value is -5.39. The zero-order valence-electron chi connectivity index (χ0n) is 24.8. The number of rotatable bonds is 5. The monoisotopic (exact) mass is 627 g/mol. The number of aromatic hydroxyl groups is 1. The van der Waals surface area contributed by atoms with Crippen LogP contribution in [0.1, 0.15) is 65.1 Å². The third-order valence-electron chi connectivity index (χ3n) is 8.10. The van der Waals surface area contributed by atoms with Crippen molar-refractivity contribution >= 4 is 17.3 Å². The van der Waals surface area contributed by atoms with Gasteiger partial charge < -0.3 is 14.6 Å². The van der Waals surface area contributed by atoms with Gasteiger partial charge in [0.05, 0.1) is 17.4 Å². The number of hydrazone groups is 1. The van der Waals surface area contributed by atoms with Gasteiger partial charge >= 0.3 is 6.18 Å². The molecule has 1 amide bonds. The summed E-state index contributed by atoms with van der Waals surface area (Å²) in [6.45, 7) is 4.88. The van der Waals surface area contributed by atoms with Crippen molar-refractivity contribution < 1.29 is 32.5 Å². The van der Waals surface area contributed by atoms with E-state index >= 15 is 0 Å². The molecule has 1 unspecified atom stereocenters. The van der Waals surface area contributed by atoms with Crippen LogP contribution >= 0.6 is 0 Å². The number of ether oxygens (including phenoxy) is 2. The van der Waals surface area contributed by atoms with Crippen molar-refractivity contribution in [2.24, 2.45) is 5.10 Å². The molecule has 0 aliphatic carbocycles. The Labute approximate surface area is 261 Å². The molecule has 2 aliphatic heterocycles. The lowest BCUT2D eigenvalue weighted by Gasteiger charge is -2.21. The van der Waals surface area contributed by atoms with Crippen molar-refractivity contribution in [1.82, 2.24) is 19.6 Å². The van der Waals surface area contributed by atoms with E-state index in [1.165, 1.54) is 12.1 Å². The molecular weight excluding hydrogens is 599 g/mol. The van der Waals surface area contributed by atoms with Gasteiger partial charge in [0.1, 0.15) is 19.0 Å². The first kappa shape index (κ1) is 29.3. The number of hydrogen-bond acceptors (Lipinski definition) is 7. The molecule has 2 aliphatic rings. The van der Waals surface area contributed by atoms with Crippen LogP contribution in [0.5, 0.6) is 17.2 Å². The molecule has 0 fully saturated rings. The highest BCUT2D eigenvalue weighted by Crippen LogP contribution is 2.40. The van der Waals surface area contributed by atoms with E-state index in [4.69, 9.17) is 9.47 Å². The fourth-order valence-electron chi connectivity index (χ4n) is 5.69. The molecule has 0 spiro atoms. The number of para-hydroxylation sites is 1. The molecule has 7 rings (SSSR count). The number of carbonyl (C=O) groups excluding carboxylic acids is 1. The Morgan fingerprint density at radius 3 is 2.37 bits per heavy atom. The summed E-state index contributed by atoms with van der Waals surface area (Å²) in [5.41, 5.74) is 1.76. The maximum absolute atomic E-state index is 14.3. The Morgan fingerprint density at radius 1 is 0.935 bits per heavy atom. The fraction of sp³-hybridized carbons (Fsp3) is 0.235. The van der Waals surface area contributed by atoms with Crippen LogP contribution in [-0.2, 0) is 6.18 Å². The molecule has 0 saturated heterocycles. The summed E-state index contributed by atoms with van der Waals surface area (Å²) in [5, 5.41) is 20.5. The van der Waals surface area contributed by atoms with Crippen molar-refractivity contribution in [2.45, 2.75) is 38.4 Å². The third kappa shape index (κ3) is 5.29. The SMILES string of the molecule is CC(C)c1ccc(-c2cc(C(F)(F)F)n3nc(C(=O)N4N=C(c5ccc6c(c5)OCCO6)CC4c4ccccc4O)cc3n2)cc1. The van der Waals surface area contributed by atoms with E-state index in [0.29, 0.717) is 51.6 Å². The number of halogens is 3. The molecule has 3 aromatic carbocycles. The van der Waals surface area contributed by atoms with Crippen LogP contribution in [0, 0.1) is 0 Å². The summed E-state index contributed by atoms with van der Waals surface area (Å²) in [6, 6.07) is 20.4. The molecule has 46 heavy (non-hydrogen) atoms. The Bertz CT molecular complexity index is 2000. The van der Waals surface area contributed by atoms with Crippen molar-refractivity contribution in [3.63, 3.8) is 0 Å². The van der Waals surface area contributed by atoms with Gasteiger partial charge in [0.15, 0.2) is 28.5 Å². The smallest absolute Gasteiger partial charge is 0.433 e. The summed E-state index contributed by atoms with van der Waals surface area (Å²) in [5.74, 6) is 0.585. The minimum Gasteiger partial charge on any atom is -0.508 e. The largest absolute Gasteiger partial charge is 0.508 e. The van der Waals surface area contributed by atoms with E-state index in [1.807, 2.05) is 26.0 Å². The van der Waals surface area contributed by atoms with Crippen LogP contribution < -0.4 is 9.47 Å². The highest BCUT2D eigenvalue weighted by molar-refractivity contribution is 6.05. The fourth-order valence-corrected chi connectivity index (χ4v) is 5.69. The average molecular weight is 628 g/mol. The molecule has 0 bridgehead atoms. The second-order valence-electron chi connectivity index (χ2n) is 11.4. The molecule has 0 saturated carbocycles. The first-order chi connectivity index (χ1) is 22.1. The van der Waals surface area contributed by atoms with Gasteiger partial charge in [0, 0.05) is 29.2 Å². The maximum atomic E-state index is 14.3. The number of phenolic OH excluding ortho intramolecular Hbond substituents is 1. The molecule has 4 heterocycles. The highest BCUT2D eigenvalue weighted by atomic mass is 19.4. The summed E-state index contributed by atoms with van der Waals surface area (Å²) in [4.78, 5) is 18.5. The van der Waals surface area contributed by atoms with Crippen LogP contribution in [-0.4, -0.2) is 49.5 Å². The normalized spacial score (nSPS) is 16.3. The minimum atomic E-state index is -4.78. The first-order valence-corrected chi connectivity index (χ1v) is 14.7. The van der Waals surface area contributed by atoms with Crippen LogP contribution in [0.15, 0.2) is 84.0 Å². The molecule has 9 nitrogen and oxygen atoms in total. The molecule has 2 aromatic heterocycles. The number of alkyl halides is 3. The number of aromatic nitrogens is 3.